The molecular formula is C18H25ClN4O. The number of hydrogen-bond donors (Lipinski definition) is 1. The quantitative estimate of drug-likeness (QED) is 0.864. The van der Waals surface area contributed by atoms with Gasteiger partial charge in [0.25, 0.3) is 0 Å². The zero-order chi connectivity index (χ0) is 16.9. The van der Waals surface area contributed by atoms with Gasteiger partial charge < -0.3 is 9.67 Å². The number of piperazine rings is 1. The van der Waals surface area contributed by atoms with Crippen molar-refractivity contribution in [3.63, 3.8) is 0 Å². The summed E-state index contributed by atoms with van der Waals surface area (Å²) in [6, 6.07) is 7.73. The van der Waals surface area contributed by atoms with E-state index in [2.05, 4.69) is 19.4 Å². The molecule has 1 atom stereocenters. The topological polar surface area (TPSA) is 44.5 Å². The number of aromatic nitrogens is 2. The first-order valence-electron chi connectivity index (χ1n) is 8.43. The number of hydrogen-bond acceptors (Lipinski definition) is 4. The van der Waals surface area contributed by atoms with E-state index in [0.29, 0.717) is 13.0 Å². The van der Waals surface area contributed by atoms with Crippen molar-refractivity contribution in [1.29, 1.82) is 0 Å². The molecule has 24 heavy (non-hydrogen) atoms. The van der Waals surface area contributed by atoms with E-state index in [0.717, 1.165) is 49.1 Å². The van der Waals surface area contributed by atoms with Gasteiger partial charge in [-0.15, -0.1) is 0 Å². The fourth-order valence-electron chi connectivity index (χ4n) is 3.18. The number of benzene rings is 1. The van der Waals surface area contributed by atoms with Crippen molar-refractivity contribution in [3.8, 4) is 0 Å². The number of imidazole rings is 1. The summed E-state index contributed by atoms with van der Waals surface area (Å²) in [6.07, 6.45) is 4.12. The Bertz CT molecular complexity index is 652. The van der Waals surface area contributed by atoms with Gasteiger partial charge in [0.05, 0.1) is 12.6 Å². The molecular weight excluding hydrogens is 324 g/mol. The Morgan fingerprint density at radius 3 is 2.62 bits per heavy atom. The van der Waals surface area contributed by atoms with Gasteiger partial charge >= 0.3 is 0 Å². The maximum Gasteiger partial charge on any atom is 0.122 e. The molecule has 0 spiro atoms. The SMILES string of the molecule is Cn1ccnc1CN1CCN(CC(O)Cc2cccc(Cl)c2)CC1. The summed E-state index contributed by atoms with van der Waals surface area (Å²) in [7, 11) is 2.03. The number of aliphatic hydroxyl groups excluding tert-OH is 1. The number of rotatable bonds is 6. The number of halogens is 1. The first kappa shape index (κ1) is 17.4. The standard InChI is InChI=1S/C18H25ClN4O/c1-21-6-5-20-18(21)14-23-9-7-22(8-10-23)13-17(24)12-15-3-2-4-16(19)11-15/h2-6,11,17,24H,7-10,12-14H2,1H3. The minimum atomic E-state index is -0.357. The van der Waals surface area contributed by atoms with Gasteiger partial charge in [0.15, 0.2) is 0 Å². The van der Waals surface area contributed by atoms with Crippen LogP contribution in [0.3, 0.4) is 0 Å². The summed E-state index contributed by atoms with van der Waals surface area (Å²) in [6.45, 7) is 5.59. The van der Waals surface area contributed by atoms with Crippen LogP contribution in [-0.4, -0.2) is 63.3 Å². The van der Waals surface area contributed by atoms with Gasteiger partial charge in [-0.25, -0.2) is 4.98 Å². The van der Waals surface area contributed by atoms with E-state index >= 15 is 0 Å². The fraction of sp³-hybridized carbons (Fsp3) is 0.500. The molecule has 1 aliphatic rings. The zero-order valence-corrected chi connectivity index (χ0v) is 14.9. The molecule has 0 bridgehead atoms. The molecule has 1 N–H and O–H groups in total. The molecule has 0 amide bonds. The van der Waals surface area contributed by atoms with Crippen LogP contribution in [0.15, 0.2) is 36.7 Å². The second-order valence-electron chi connectivity index (χ2n) is 6.52. The third kappa shape index (κ3) is 4.80. The van der Waals surface area contributed by atoms with E-state index in [4.69, 9.17) is 11.6 Å². The van der Waals surface area contributed by atoms with Crippen LogP contribution >= 0.6 is 11.6 Å². The van der Waals surface area contributed by atoms with Crippen molar-refractivity contribution in [2.24, 2.45) is 7.05 Å². The van der Waals surface area contributed by atoms with Crippen LogP contribution in [0, 0.1) is 0 Å². The Balaban J connectivity index is 1.42. The van der Waals surface area contributed by atoms with Crippen LogP contribution in [0.5, 0.6) is 0 Å². The molecule has 6 heteroatoms. The average molecular weight is 349 g/mol. The molecule has 1 aromatic carbocycles. The van der Waals surface area contributed by atoms with Gasteiger partial charge in [0, 0.05) is 57.2 Å². The van der Waals surface area contributed by atoms with Crippen molar-refractivity contribution in [2.75, 3.05) is 32.7 Å². The van der Waals surface area contributed by atoms with Crippen LogP contribution < -0.4 is 0 Å². The first-order valence-corrected chi connectivity index (χ1v) is 8.81. The van der Waals surface area contributed by atoms with Gasteiger partial charge in [-0.2, -0.15) is 0 Å². The third-order valence-electron chi connectivity index (χ3n) is 4.58. The van der Waals surface area contributed by atoms with E-state index in [9.17, 15) is 5.11 Å². The molecule has 0 saturated carbocycles. The molecule has 1 saturated heterocycles. The van der Waals surface area contributed by atoms with E-state index in [1.165, 1.54) is 0 Å². The number of aliphatic hydroxyl groups is 1. The molecule has 130 valence electrons. The van der Waals surface area contributed by atoms with Gasteiger partial charge in [-0.05, 0) is 24.1 Å². The molecule has 2 heterocycles. The molecule has 2 aromatic rings. The highest BCUT2D eigenvalue weighted by atomic mass is 35.5. The Labute approximate surface area is 148 Å². The monoisotopic (exact) mass is 348 g/mol. The normalized spacial score (nSPS) is 18.0. The smallest absolute Gasteiger partial charge is 0.122 e. The van der Waals surface area contributed by atoms with E-state index < -0.39 is 0 Å². The molecule has 0 radical (unpaired) electrons. The summed E-state index contributed by atoms with van der Waals surface area (Å²) in [5.41, 5.74) is 1.09. The van der Waals surface area contributed by atoms with Crippen LogP contribution in [0.4, 0.5) is 0 Å². The zero-order valence-electron chi connectivity index (χ0n) is 14.1. The molecule has 0 aliphatic carbocycles. The lowest BCUT2D eigenvalue weighted by molar-refractivity contribution is 0.0693. The number of nitrogens with zero attached hydrogens (tertiary/aromatic N) is 4. The average Bonchev–Trinajstić information content (AvgIpc) is 2.94. The molecule has 3 rings (SSSR count). The van der Waals surface area contributed by atoms with Gasteiger partial charge in [-0.1, -0.05) is 23.7 Å². The van der Waals surface area contributed by atoms with Gasteiger partial charge in [-0.3, -0.25) is 9.80 Å². The lowest BCUT2D eigenvalue weighted by atomic mass is 10.1. The van der Waals surface area contributed by atoms with E-state index in [1.54, 1.807) is 0 Å². The molecule has 5 nitrogen and oxygen atoms in total. The van der Waals surface area contributed by atoms with Crippen molar-refractivity contribution < 1.29 is 5.11 Å². The highest BCUT2D eigenvalue weighted by molar-refractivity contribution is 6.30. The minimum absolute atomic E-state index is 0.357. The summed E-state index contributed by atoms with van der Waals surface area (Å²) in [5.74, 6) is 1.10. The first-order chi connectivity index (χ1) is 11.6. The Hall–Kier alpha value is -1.40. The van der Waals surface area contributed by atoms with Crippen molar-refractivity contribution in [1.82, 2.24) is 19.4 Å². The lowest BCUT2D eigenvalue weighted by Crippen LogP contribution is -2.48. The molecule has 1 unspecified atom stereocenters. The Kier molecular flexibility index (Phi) is 5.89. The highest BCUT2D eigenvalue weighted by Gasteiger charge is 2.20. The summed E-state index contributed by atoms with van der Waals surface area (Å²) in [4.78, 5) is 9.14. The number of β-amino-alcohol motifs (C(OH)–C–C–N with tert-alkyl or cyclic N) is 1. The highest BCUT2D eigenvalue weighted by Crippen LogP contribution is 2.13. The van der Waals surface area contributed by atoms with Crippen LogP contribution in [0.1, 0.15) is 11.4 Å². The molecule has 1 fully saturated rings. The van der Waals surface area contributed by atoms with Gasteiger partial charge in [0.2, 0.25) is 0 Å². The lowest BCUT2D eigenvalue weighted by Gasteiger charge is -2.35. The van der Waals surface area contributed by atoms with Crippen LogP contribution in [0.25, 0.3) is 0 Å². The predicted molar refractivity (Wildman–Crippen MR) is 96.1 cm³/mol. The maximum absolute atomic E-state index is 10.3. The van der Waals surface area contributed by atoms with Crippen LogP contribution in [0.2, 0.25) is 5.02 Å². The van der Waals surface area contributed by atoms with Crippen LogP contribution in [-0.2, 0) is 20.0 Å². The summed E-state index contributed by atoms with van der Waals surface area (Å²) >= 11 is 6.00. The van der Waals surface area contributed by atoms with Crippen molar-refractivity contribution in [2.45, 2.75) is 19.1 Å². The maximum atomic E-state index is 10.3. The van der Waals surface area contributed by atoms with E-state index in [-0.39, 0.29) is 6.10 Å². The largest absolute Gasteiger partial charge is 0.391 e. The minimum Gasteiger partial charge on any atom is -0.391 e. The Morgan fingerprint density at radius 1 is 1.21 bits per heavy atom. The summed E-state index contributed by atoms with van der Waals surface area (Å²) < 4.78 is 2.07. The fourth-order valence-corrected chi connectivity index (χ4v) is 3.39. The Morgan fingerprint density at radius 2 is 1.96 bits per heavy atom. The van der Waals surface area contributed by atoms with Gasteiger partial charge in [0.1, 0.15) is 5.82 Å². The van der Waals surface area contributed by atoms with E-state index in [1.807, 2.05) is 43.7 Å². The van der Waals surface area contributed by atoms with Crippen molar-refractivity contribution in [3.05, 3.63) is 53.1 Å². The predicted octanol–water partition coefficient (Wildman–Crippen LogP) is 1.79. The van der Waals surface area contributed by atoms with Crippen molar-refractivity contribution >= 4 is 11.6 Å². The molecule has 1 aromatic heterocycles. The second-order valence-corrected chi connectivity index (χ2v) is 6.96. The number of aryl methyl sites for hydroxylation is 1. The second kappa shape index (κ2) is 8.12. The molecule has 1 aliphatic heterocycles. The third-order valence-corrected chi connectivity index (χ3v) is 4.82. The summed E-state index contributed by atoms with van der Waals surface area (Å²) in [5, 5.41) is 11.1.